The average Bonchev–Trinajstić information content (AvgIpc) is 3.00. The highest BCUT2D eigenvalue weighted by molar-refractivity contribution is 5.77. The number of ether oxygens (including phenoxy) is 2. The summed E-state index contributed by atoms with van der Waals surface area (Å²) < 4.78 is 11.9. The maximum Gasteiger partial charge on any atom is 0.513 e. The van der Waals surface area contributed by atoms with E-state index in [1.807, 2.05) is 25.1 Å². The minimum Gasteiger partial charge on any atom is -0.434 e. The third-order valence-corrected chi connectivity index (χ3v) is 4.10. The molecule has 0 radical (unpaired) electrons. The van der Waals surface area contributed by atoms with E-state index in [0.717, 1.165) is 16.6 Å². The standard InChI is InChI=1S/C19H22N4O3/c1-4-15-16(26-19(24)25-5-2)11-23-17(15)18(20-12-21-23)22-13(3)14-9-7-6-8-10-14/h6-13H,4-5H2,1-3H3,(H,20,21,22)/t13-/m1/s1. The van der Waals surface area contributed by atoms with Crippen molar-refractivity contribution in [1.29, 1.82) is 0 Å². The molecule has 1 N–H and O–H groups in total. The predicted molar refractivity (Wildman–Crippen MR) is 98.5 cm³/mol. The Morgan fingerprint density at radius 3 is 2.73 bits per heavy atom. The van der Waals surface area contributed by atoms with Gasteiger partial charge in [-0.3, -0.25) is 0 Å². The number of carbonyl (C=O) groups is 1. The monoisotopic (exact) mass is 354 g/mol. The molecule has 2 aromatic heterocycles. The van der Waals surface area contributed by atoms with E-state index in [0.29, 0.717) is 18.0 Å². The SMILES string of the molecule is CCOC(=O)Oc1cn2ncnc(N[C@H](C)c3ccccc3)c2c1CC. The van der Waals surface area contributed by atoms with E-state index < -0.39 is 6.16 Å². The predicted octanol–water partition coefficient (Wildman–Crippen LogP) is 4.00. The smallest absolute Gasteiger partial charge is 0.434 e. The molecule has 1 aromatic carbocycles. The lowest BCUT2D eigenvalue weighted by atomic mass is 10.1. The van der Waals surface area contributed by atoms with Gasteiger partial charge in [0.2, 0.25) is 0 Å². The number of hydrogen-bond acceptors (Lipinski definition) is 6. The maximum atomic E-state index is 11.7. The van der Waals surface area contributed by atoms with Crippen LogP contribution in [0.2, 0.25) is 0 Å². The minimum absolute atomic E-state index is 0.0592. The number of nitrogens with one attached hydrogen (secondary N) is 1. The Bertz CT molecular complexity index is 892. The fourth-order valence-corrected chi connectivity index (χ4v) is 2.85. The first-order chi connectivity index (χ1) is 12.6. The summed E-state index contributed by atoms with van der Waals surface area (Å²) in [6.45, 7) is 6.05. The number of nitrogens with zero attached hydrogens (tertiary/aromatic N) is 3. The molecule has 0 aliphatic carbocycles. The average molecular weight is 354 g/mol. The molecule has 1 atom stereocenters. The molecular formula is C19H22N4O3. The van der Waals surface area contributed by atoms with Gasteiger partial charge in [-0.25, -0.2) is 14.3 Å². The van der Waals surface area contributed by atoms with Gasteiger partial charge in [-0.15, -0.1) is 0 Å². The number of fused-ring (bicyclic) bond motifs is 1. The van der Waals surface area contributed by atoms with E-state index in [1.54, 1.807) is 17.6 Å². The van der Waals surface area contributed by atoms with Crippen LogP contribution in [0.5, 0.6) is 5.75 Å². The minimum atomic E-state index is -0.724. The molecule has 0 spiro atoms. The largest absolute Gasteiger partial charge is 0.513 e. The summed E-state index contributed by atoms with van der Waals surface area (Å²) in [5, 5.41) is 7.66. The van der Waals surface area contributed by atoms with Crippen molar-refractivity contribution in [2.45, 2.75) is 33.2 Å². The zero-order valence-electron chi connectivity index (χ0n) is 15.1. The van der Waals surface area contributed by atoms with Crippen LogP contribution in [0, 0.1) is 0 Å². The molecule has 0 amide bonds. The molecule has 0 unspecified atom stereocenters. The van der Waals surface area contributed by atoms with Crippen LogP contribution in [-0.4, -0.2) is 27.4 Å². The van der Waals surface area contributed by atoms with Crippen molar-refractivity contribution < 1.29 is 14.3 Å². The molecule has 0 fully saturated rings. The van der Waals surface area contributed by atoms with Crippen LogP contribution in [0.15, 0.2) is 42.9 Å². The van der Waals surface area contributed by atoms with Crippen LogP contribution in [0.4, 0.5) is 10.6 Å². The molecule has 0 saturated carbocycles. The highest BCUT2D eigenvalue weighted by Crippen LogP contribution is 2.31. The molecule has 3 rings (SSSR count). The summed E-state index contributed by atoms with van der Waals surface area (Å²) in [5.74, 6) is 1.12. The van der Waals surface area contributed by atoms with Crippen LogP contribution in [0.3, 0.4) is 0 Å². The molecule has 0 saturated heterocycles. The number of anilines is 1. The van der Waals surface area contributed by atoms with E-state index in [2.05, 4.69) is 34.5 Å². The second kappa shape index (κ2) is 7.86. The van der Waals surface area contributed by atoms with Gasteiger partial charge in [0.25, 0.3) is 0 Å². The Morgan fingerprint density at radius 2 is 2.04 bits per heavy atom. The molecule has 26 heavy (non-hydrogen) atoms. The van der Waals surface area contributed by atoms with Crippen LogP contribution < -0.4 is 10.1 Å². The van der Waals surface area contributed by atoms with Crippen molar-refractivity contribution in [3.05, 3.63) is 54.0 Å². The zero-order valence-corrected chi connectivity index (χ0v) is 15.1. The second-order valence-electron chi connectivity index (χ2n) is 5.79. The maximum absolute atomic E-state index is 11.7. The first-order valence-electron chi connectivity index (χ1n) is 8.65. The van der Waals surface area contributed by atoms with Crippen molar-refractivity contribution in [3.63, 3.8) is 0 Å². The van der Waals surface area contributed by atoms with Crippen molar-refractivity contribution in [2.24, 2.45) is 0 Å². The first-order valence-corrected chi connectivity index (χ1v) is 8.65. The lowest BCUT2D eigenvalue weighted by molar-refractivity contribution is 0.104. The molecule has 3 aromatic rings. The quantitative estimate of drug-likeness (QED) is 0.674. The molecular weight excluding hydrogens is 332 g/mol. The van der Waals surface area contributed by atoms with E-state index >= 15 is 0 Å². The Morgan fingerprint density at radius 1 is 1.27 bits per heavy atom. The number of benzene rings is 1. The van der Waals surface area contributed by atoms with Gasteiger partial charge in [0.05, 0.1) is 18.8 Å². The fraction of sp³-hybridized carbons (Fsp3) is 0.316. The molecule has 0 aliphatic heterocycles. The molecule has 136 valence electrons. The molecule has 0 bridgehead atoms. The van der Waals surface area contributed by atoms with Crippen molar-refractivity contribution >= 4 is 17.5 Å². The lowest BCUT2D eigenvalue weighted by Gasteiger charge is -2.16. The summed E-state index contributed by atoms with van der Waals surface area (Å²) in [7, 11) is 0. The van der Waals surface area contributed by atoms with E-state index in [1.165, 1.54) is 6.33 Å². The Balaban J connectivity index is 1.96. The van der Waals surface area contributed by atoms with E-state index in [4.69, 9.17) is 9.47 Å². The highest BCUT2D eigenvalue weighted by atomic mass is 16.7. The van der Waals surface area contributed by atoms with Crippen molar-refractivity contribution in [2.75, 3.05) is 11.9 Å². The van der Waals surface area contributed by atoms with Crippen LogP contribution in [0.1, 0.15) is 37.9 Å². The Labute approximate surface area is 152 Å². The number of hydrogen-bond donors (Lipinski definition) is 1. The molecule has 7 nitrogen and oxygen atoms in total. The third-order valence-electron chi connectivity index (χ3n) is 4.10. The van der Waals surface area contributed by atoms with Gasteiger partial charge < -0.3 is 14.8 Å². The van der Waals surface area contributed by atoms with E-state index in [9.17, 15) is 4.79 Å². The fourth-order valence-electron chi connectivity index (χ4n) is 2.85. The van der Waals surface area contributed by atoms with Gasteiger partial charge >= 0.3 is 6.16 Å². The Hall–Kier alpha value is -3.09. The topological polar surface area (TPSA) is 77.8 Å². The molecule has 7 heteroatoms. The van der Waals surface area contributed by atoms with Crippen molar-refractivity contribution in [3.8, 4) is 5.75 Å². The summed E-state index contributed by atoms with van der Waals surface area (Å²) in [4.78, 5) is 16.1. The number of rotatable bonds is 6. The number of carbonyl (C=O) groups excluding carboxylic acids is 1. The van der Waals surface area contributed by atoms with Gasteiger partial charge in [0, 0.05) is 5.56 Å². The Kier molecular flexibility index (Phi) is 5.36. The zero-order chi connectivity index (χ0) is 18.5. The molecule has 0 aliphatic rings. The summed E-state index contributed by atoms with van der Waals surface area (Å²) in [5.41, 5.74) is 2.79. The lowest BCUT2D eigenvalue weighted by Crippen LogP contribution is -2.11. The summed E-state index contributed by atoms with van der Waals surface area (Å²) in [6.07, 6.45) is 3.08. The van der Waals surface area contributed by atoms with E-state index in [-0.39, 0.29) is 12.6 Å². The summed E-state index contributed by atoms with van der Waals surface area (Å²) in [6, 6.07) is 10.2. The van der Waals surface area contributed by atoms with Gasteiger partial charge in [-0.05, 0) is 25.8 Å². The normalized spacial score (nSPS) is 12.0. The second-order valence-corrected chi connectivity index (χ2v) is 5.79. The van der Waals surface area contributed by atoms with Gasteiger partial charge in [-0.2, -0.15) is 5.10 Å². The van der Waals surface area contributed by atoms with Gasteiger partial charge in [0.1, 0.15) is 11.8 Å². The number of aromatic nitrogens is 3. The van der Waals surface area contributed by atoms with Crippen LogP contribution in [-0.2, 0) is 11.2 Å². The summed E-state index contributed by atoms with van der Waals surface area (Å²) >= 11 is 0. The third kappa shape index (κ3) is 3.61. The molecule has 2 heterocycles. The van der Waals surface area contributed by atoms with Crippen molar-refractivity contribution in [1.82, 2.24) is 14.6 Å². The van der Waals surface area contributed by atoms with Gasteiger partial charge in [-0.1, -0.05) is 37.3 Å². The van der Waals surface area contributed by atoms with Crippen LogP contribution >= 0.6 is 0 Å². The van der Waals surface area contributed by atoms with Gasteiger partial charge in [0.15, 0.2) is 11.6 Å². The first kappa shape index (κ1) is 17.7. The van der Waals surface area contributed by atoms with Crippen LogP contribution in [0.25, 0.3) is 5.52 Å². The highest BCUT2D eigenvalue weighted by Gasteiger charge is 2.19. The number of aryl methyl sites for hydroxylation is 1.